The van der Waals surface area contributed by atoms with Gasteiger partial charge in [-0.05, 0) is 62.0 Å². The summed E-state index contributed by atoms with van der Waals surface area (Å²) in [6, 6.07) is 7.17. The maximum absolute atomic E-state index is 14.0. The van der Waals surface area contributed by atoms with Crippen LogP contribution in [-0.4, -0.2) is 95.8 Å². The summed E-state index contributed by atoms with van der Waals surface area (Å²) in [5.74, 6) is 0. The predicted molar refractivity (Wildman–Crippen MR) is 138 cm³/mol. The molecular weight excluding hydrogens is 554 g/mol. The molecule has 0 bridgehead atoms. The van der Waals surface area contributed by atoms with Crippen molar-refractivity contribution in [3.8, 4) is 0 Å². The highest BCUT2D eigenvalue weighted by molar-refractivity contribution is 5.07. The van der Waals surface area contributed by atoms with Crippen molar-refractivity contribution in [3.05, 3.63) is 60.2 Å². The first-order valence-electron chi connectivity index (χ1n) is 13.8. The molecule has 0 aromatic carbocycles. The number of piperidine rings is 2. The Morgan fingerprint density at radius 2 is 1.17 bits per heavy atom. The molecule has 41 heavy (non-hydrogen) atoms. The van der Waals surface area contributed by atoms with Crippen molar-refractivity contribution >= 4 is 0 Å². The van der Waals surface area contributed by atoms with Gasteiger partial charge in [0.15, 0.2) is 12.2 Å². The van der Waals surface area contributed by atoms with Gasteiger partial charge >= 0.3 is 12.4 Å². The third kappa shape index (κ3) is 10.5. The number of alkyl halides is 6. The molecule has 4 atom stereocenters. The maximum atomic E-state index is 14.0. The minimum atomic E-state index is -4.97. The van der Waals surface area contributed by atoms with Gasteiger partial charge in [0.05, 0.1) is 25.4 Å². The van der Waals surface area contributed by atoms with E-state index in [0.717, 1.165) is 11.1 Å². The van der Waals surface area contributed by atoms with Gasteiger partial charge in [-0.2, -0.15) is 26.3 Å². The molecule has 0 radical (unpaired) electrons. The van der Waals surface area contributed by atoms with Crippen LogP contribution in [0.1, 0.15) is 36.8 Å². The lowest BCUT2D eigenvalue weighted by atomic mass is 10.1. The monoisotopic (exact) mass is 590 g/mol. The van der Waals surface area contributed by atoms with Crippen molar-refractivity contribution < 1.29 is 40.6 Å². The third-order valence-electron chi connectivity index (χ3n) is 7.25. The summed E-state index contributed by atoms with van der Waals surface area (Å²) in [6.45, 7) is 0.112. The molecular formula is C28H36F6N4O3. The van der Waals surface area contributed by atoms with Gasteiger partial charge < -0.3 is 14.2 Å². The van der Waals surface area contributed by atoms with Crippen molar-refractivity contribution in [2.24, 2.45) is 0 Å². The van der Waals surface area contributed by atoms with Crippen LogP contribution >= 0.6 is 0 Å². The molecule has 0 spiro atoms. The number of hydrogen-bond acceptors (Lipinski definition) is 7. The zero-order valence-corrected chi connectivity index (χ0v) is 22.7. The highest BCUT2D eigenvalue weighted by Crippen LogP contribution is 2.32. The molecule has 4 heterocycles. The van der Waals surface area contributed by atoms with Crippen LogP contribution in [0, 0.1) is 0 Å². The van der Waals surface area contributed by atoms with E-state index in [4.69, 9.17) is 14.2 Å². The van der Waals surface area contributed by atoms with Gasteiger partial charge in [-0.15, -0.1) is 0 Å². The quantitative estimate of drug-likeness (QED) is 0.322. The van der Waals surface area contributed by atoms with E-state index in [0.29, 0.717) is 38.8 Å². The van der Waals surface area contributed by atoms with Crippen molar-refractivity contribution in [3.63, 3.8) is 0 Å². The molecule has 7 nitrogen and oxygen atoms in total. The van der Waals surface area contributed by atoms with E-state index in [1.54, 1.807) is 36.9 Å². The number of rotatable bonds is 12. The average molecular weight is 591 g/mol. The summed E-state index contributed by atoms with van der Waals surface area (Å²) >= 11 is 0. The van der Waals surface area contributed by atoms with Crippen molar-refractivity contribution in [1.29, 1.82) is 0 Å². The largest absolute Gasteiger partial charge is 0.415 e. The molecule has 2 saturated heterocycles. The van der Waals surface area contributed by atoms with Crippen LogP contribution in [0.25, 0.3) is 0 Å². The molecule has 228 valence electrons. The second-order valence-corrected chi connectivity index (χ2v) is 10.6. The summed E-state index contributed by atoms with van der Waals surface area (Å²) in [7, 11) is 0. The normalized spacial score (nSPS) is 22.9. The van der Waals surface area contributed by atoms with Crippen molar-refractivity contribution in [2.75, 3.05) is 39.3 Å². The Morgan fingerprint density at radius 3 is 1.54 bits per heavy atom. The Hall–Kier alpha value is -2.32. The van der Waals surface area contributed by atoms with E-state index in [2.05, 4.69) is 9.97 Å². The number of halogens is 6. The first-order valence-corrected chi connectivity index (χ1v) is 13.8. The molecule has 2 aliphatic heterocycles. The number of pyridine rings is 2. The molecule has 0 amide bonds. The van der Waals surface area contributed by atoms with Crippen LogP contribution in [0.4, 0.5) is 26.3 Å². The van der Waals surface area contributed by atoms with Crippen LogP contribution in [0.3, 0.4) is 0 Å². The predicted octanol–water partition coefficient (Wildman–Crippen LogP) is 5.02. The van der Waals surface area contributed by atoms with Crippen molar-refractivity contribution in [2.45, 2.75) is 75.7 Å². The molecule has 2 aromatic heterocycles. The summed E-state index contributed by atoms with van der Waals surface area (Å²) in [5.41, 5.74) is 1.66. The number of nitrogens with zero attached hydrogens (tertiary/aromatic N) is 4. The van der Waals surface area contributed by atoms with E-state index in [-0.39, 0.29) is 38.5 Å². The zero-order valence-electron chi connectivity index (χ0n) is 22.7. The van der Waals surface area contributed by atoms with Gasteiger partial charge in [-0.25, -0.2) is 0 Å². The molecule has 2 aromatic rings. The summed E-state index contributed by atoms with van der Waals surface area (Å²) in [5, 5.41) is 0. The summed E-state index contributed by atoms with van der Waals surface area (Å²) < 4.78 is 101. The van der Waals surface area contributed by atoms with Gasteiger partial charge in [0.1, 0.15) is 0 Å². The van der Waals surface area contributed by atoms with Gasteiger partial charge in [0.25, 0.3) is 0 Å². The van der Waals surface area contributed by atoms with E-state index < -0.39 is 37.7 Å². The third-order valence-corrected chi connectivity index (χ3v) is 7.25. The molecule has 13 heteroatoms. The smallest absolute Gasteiger partial charge is 0.372 e. The standard InChI is InChI=1S/C28H36F6N4O3/c29-27(30,31)25(17-37-11-3-7-23(15-37)39-19-21-5-1-9-35-13-21)41-26(28(32,33)34)18-38-12-4-8-24(16-38)40-20-22-6-2-10-36-14-22/h1-2,5-6,9-10,13-14,23-26H,3-4,7-8,11-12,15-20H2/t23?,24?,25-,26-/m0/s1. The van der Waals surface area contributed by atoms with Crippen molar-refractivity contribution in [1.82, 2.24) is 19.8 Å². The van der Waals surface area contributed by atoms with Crippen LogP contribution < -0.4 is 0 Å². The lowest BCUT2D eigenvalue weighted by Crippen LogP contribution is -2.53. The van der Waals surface area contributed by atoms with Gasteiger partial charge in [-0.3, -0.25) is 19.8 Å². The lowest BCUT2D eigenvalue weighted by Gasteiger charge is -2.38. The van der Waals surface area contributed by atoms with Crippen LogP contribution in [0.5, 0.6) is 0 Å². The fourth-order valence-corrected chi connectivity index (χ4v) is 5.14. The zero-order chi connectivity index (χ0) is 29.3. The Morgan fingerprint density at radius 1 is 0.732 bits per heavy atom. The topological polar surface area (TPSA) is 60.0 Å². The van der Waals surface area contributed by atoms with E-state index in [9.17, 15) is 26.3 Å². The highest BCUT2D eigenvalue weighted by Gasteiger charge is 2.50. The lowest BCUT2D eigenvalue weighted by molar-refractivity contribution is -0.291. The minimum absolute atomic E-state index is 0.176. The average Bonchev–Trinajstić information content (AvgIpc) is 2.95. The Balaban J connectivity index is 1.33. The summed E-state index contributed by atoms with van der Waals surface area (Å²) in [6.07, 6.45) is -6.82. The van der Waals surface area contributed by atoms with Gasteiger partial charge in [0, 0.05) is 51.0 Å². The number of aromatic nitrogens is 2. The fourth-order valence-electron chi connectivity index (χ4n) is 5.14. The molecule has 0 aliphatic carbocycles. The molecule has 2 unspecified atom stereocenters. The molecule has 0 N–H and O–H groups in total. The first-order chi connectivity index (χ1) is 19.6. The molecule has 2 aliphatic rings. The van der Waals surface area contributed by atoms with E-state index >= 15 is 0 Å². The highest BCUT2D eigenvalue weighted by atomic mass is 19.4. The Kier molecular flexibility index (Phi) is 11.4. The molecule has 4 rings (SSSR count). The second kappa shape index (κ2) is 14.7. The maximum Gasteiger partial charge on any atom is 0.415 e. The Labute approximate surface area is 235 Å². The summed E-state index contributed by atoms with van der Waals surface area (Å²) in [4.78, 5) is 11.0. The molecule has 0 saturated carbocycles. The van der Waals surface area contributed by atoms with Crippen LogP contribution in [0.2, 0.25) is 0 Å². The van der Waals surface area contributed by atoms with Crippen LogP contribution in [0.15, 0.2) is 49.1 Å². The van der Waals surface area contributed by atoms with Gasteiger partial charge in [0.2, 0.25) is 0 Å². The second-order valence-electron chi connectivity index (χ2n) is 10.6. The molecule has 2 fully saturated rings. The first kappa shape index (κ1) is 31.6. The fraction of sp³-hybridized carbons (Fsp3) is 0.643. The number of hydrogen-bond donors (Lipinski definition) is 0. The van der Waals surface area contributed by atoms with E-state index in [1.807, 2.05) is 12.1 Å². The van der Waals surface area contributed by atoms with E-state index in [1.165, 1.54) is 9.80 Å². The SMILES string of the molecule is FC(F)(F)[C@H](CN1CCCC(OCc2cccnc2)C1)O[C@@H](CN1CCCC(OCc2cccnc2)C1)C(F)(F)F. The number of likely N-dealkylation sites (tertiary alicyclic amines) is 2. The van der Waals surface area contributed by atoms with Gasteiger partial charge in [-0.1, -0.05) is 12.1 Å². The Bertz CT molecular complexity index is 949. The minimum Gasteiger partial charge on any atom is -0.372 e. The van der Waals surface area contributed by atoms with Crippen LogP contribution in [-0.2, 0) is 27.4 Å². The number of ether oxygens (including phenoxy) is 3.